The highest BCUT2D eigenvalue weighted by molar-refractivity contribution is 5.90. The molecule has 122 valence electrons. The molecule has 0 spiro atoms. The molecule has 0 saturated carbocycles. The molecule has 1 heteroatoms. The van der Waals surface area contributed by atoms with Crippen molar-refractivity contribution in [2.75, 3.05) is 0 Å². The van der Waals surface area contributed by atoms with Crippen LogP contribution in [0, 0.1) is 11.3 Å². The molecule has 1 rings (SSSR count). The smallest absolute Gasteiger partial charge is 0.155 e. The maximum atomic E-state index is 11.3. The maximum absolute atomic E-state index is 11.3. The molecule has 0 fully saturated rings. The van der Waals surface area contributed by atoms with Crippen molar-refractivity contribution in [2.24, 2.45) is 11.3 Å². The van der Waals surface area contributed by atoms with E-state index in [1.807, 2.05) is 0 Å². The molecule has 0 heterocycles. The van der Waals surface area contributed by atoms with E-state index in [1.165, 1.54) is 5.57 Å². The van der Waals surface area contributed by atoms with E-state index in [-0.39, 0.29) is 11.2 Å². The number of carbonyl (C=O) groups is 1. The predicted molar refractivity (Wildman–Crippen MR) is 96.8 cm³/mol. The highest BCUT2D eigenvalue weighted by Gasteiger charge is 2.30. The van der Waals surface area contributed by atoms with E-state index in [1.54, 1.807) is 6.08 Å². The molecule has 0 radical (unpaired) electrons. The van der Waals surface area contributed by atoms with Crippen LogP contribution in [0.25, 0.3) is 0 Å². The van der Waals surface area contributed by atoms with Crippen LogP contribution in [0.5, 0.6) is 0 Å². The molecule has 0 bridgehead atoms. The summed E-state index contributed by atoms with van der Waals surface area (Å²) in [4.78, 5) is 11.3. The van der Waals surface area contributed by atoms with Crippen molar-refractivity contribution < 1.29 is 4.79 Å². The molecule has 0 aromatic rings. The van der Waals surface area contributed by atoms with E-state index in [0.717, 1.165) is 32.1 Å². The van der Waals surface area contributed by atoms with Crippen LogP contribution in [0.2, 0.25) is 0 Å². The Morgan fingerprint density at radius 3 is 2.41 bits per heavy atom. The van der Waals surface area contributed by atoms with Crippen LogP contribution in [-0.2, 0) is 4.79 Å². The first-order chi connectivity index (χ1) is 10.5. The molecular weight excluding hydrogens is 268 g/mol. The van der Waals surface area contributed by atoms with E-state index >= 15 is 0 Å². The number of carbonyl (C=O) groups excluding carboxylic acids is 1. The molecule has 0 aromatic carbocycles. The molecule has 1 aliphatic rings. The van der Waals surface area contributed by atoms with E-state index in [2.05, 4.69) is 64.2 Å². The monoisotopic (exact) mass is 300 g/mol. The molecule has 0 amide bonds. The van der Waals surface area contributed by atoms with Crippen LogP contribution in [-0.4, -0.2) is 5.78 Å². The number of hydrogen-bond acceptors (Lipinski definition) is 1. The van der Waals surface area contributed by atoms with Crippen molar-refractivity contribution in [3.05, 3.63) is 48.1 Å². The van der Waals surface area contributed by atoms with Gasteiger partial charge < -0.3 is 0 Å². The Hall–Kier alpha value is -1.37. The first-order valence-electron chi connectivity index (χ1n) is 8.63. The van der Waals surface area contributed by atoms with Crippen LogP contribution in [0.1, 0.15) is 66.2 Å². The van der Waals surface area contributed by atoms with E-state index in [0.29, 0.717) is 12.3 Å². The van der Waals surface area contributed by atoms with Crippen molar-refractivity contribution in [1.82, 2.24) is 0 Å². The summed E-state index contributed by atoms with van der Waals surface area (Å²) in [7, 11) is 0. The fourth-order valence-electron chi connectivity index (χ4n) is 2.85. The third kappa shape index (κ3) is 6.17. The third-order valence-electron chi connectivity index (χ3n) is 4.85. The lowest BCUT2D eigenvalue weighted by Gasteiger charge is -2.35. The second-order valence-corrected chi connectivity index (χ2v) is 6.77. The standard InChI is InChI=1S/C21H32O/c1-5-6-7-8-9-10-11-12-13-18(2)21(3,4)19-14-16-20(22)17-15-19/h5-6,9-10,13-14,16,19H,7-8,11-12,15,17H2,1-4H3. The first-order valence-corrected chi connectivity index (χ1v) is 8.63. The summed E-state index contributed by atoms with van der Waals surface area (Å²) in [6.45, 7) is 8.91. The van der Waals surface area contributed by atoms with Gasteiger partial charge in [-0.25, -0.2) is 0 Å². The molecule has 0 saturated heterocycles. The van der Waals surface area contributed by atoms with Gasteiger partial charge in [0.25, 0.3) is 0 Å². The molecule has 1 aliphatic carbocycles. The zero-order valence-corrected chi connectivity index (χ0v) is 14.8. The SMILES string of the molecule is CC=CCCC=CCCC=C(C)C(C)(C)C1C=CC(=O)CC1. The summed E-state index contributed by atoms with van der Waals surface area (Å²) in [6, 6.07) is 0. The summed E-state index contributed by atoms with van der Waals surface area (Å²) >= 11 is 0. The predicted octanol–water partition coefficient (Wildman–Crippen LogP) is 6.19. The summed E-state index contributed by atoms with van der Waals surface area (Å²) in [5.41, 5.74) is 1.59. The topological polar surface area (TPSA) is 17.1 Å². The Balaban J connectivity index is 2.43. The number of ketones is 1. The first kappa shape index (κ1) is 18.7. The lowest BCUT2D eigenvalue weighted by atomic mass is 9.69. The minimum Gasteiger partial charge on any atom is -0.295 e. The number of allylic oxidation sites excluding steroid dienone is 8. The molecule has 0 aliphatic heterocycles. The number of rotatable bonds is 8. The average Bonchev–Trinajstić information content (AvgIpc) is 2.50. The van der Waals surface area contributed by atoms with Gasteiger partial charge in [0.05, 0.1) is 0 Å². The second kappa shape index (κ2) is 9.61. The molecule has 1 unspecified atom stereocenters. The van der Waals surface area contributed by atoms with E-state index in [4.69, 9.17) is 0 Å². The van der Waals surface area contributed by atoms with Crippen molar-refractivity contribution in [3.63, 3.8) is 0 Å². The minimum atomic E-state index is 0.146. The Kier molecular flexibility index (Phi) is 8.16. The van der Waals surface area contributed by atoms with Gasteiger partial charge in [0, 0.05) is 6.42 Å². The number of hydrogen-bond donors (Lipinski definition) is 0. The van der Waals surface area contributed by atoms with Crippen molar-refractivity contribution in [3.8, 4) is 0 Å². The van der Waals surface area contributed by atoms with E-state index < -0.39 is 0 Å². The fraction of sp³-hybridized carbons (Fsp3) is 0.571. The zero-order valence-electron chi connectivity index (χ0n) is 14.8. The van der Waals surface area contributed by atoms with Crippen LogP contribution in [0.3, 0.4) is 0 Å². The Bertz CT molecular complexity index is 460. The molecular formula is C21H32O. The maximum Gasteiger partial charge on any atom is 0.155 e. The second-order valence-electron chi connectivity index (χ2n) is 6.77. The van der Waals surface area contributed by atoms with Crippen LogP contribution < -0.4 is 0 Å². The molecule has 1 atom stereocenters. The average molecular weight is 300 g/mol. The van der Waals surface area contributed by atoms with Gasteiger partial charge in [0.15, 0.2) is 5.78 Å². The normalized spacial score (nSPS) is 20.5. The minimum absolute atomic E-state index is 0.146. The van der Waals surface area contributed by atoms with Gasteiger partial charge in [-0.15, -0.1) is 0 Å². The van der Waals surface area contributed by atoms with Crippen LogP contribution in [0.15, 0.2) is 48.1 Å². The Morgan fingerprint density at radius 2 is 1.82 bits per heavy atom. The van der Waals surface area contributed by atoms with Gasteiger partial charge >= 0.3 is 0 Å². The fourth-order valence-corrected chi connectivity index (χ4v) is 2.85. The van der Waals surface area contributed by atoms with Crippen molar-refractivity contribution >= 4 is 5.78 Å². The van der Waals surface area contributed by atoms with E-state index in [9.17, 15) is 4.79 Å². The van der Waals surface area contributed by atoms with Gasteiger partial charge in [-0.05, 0) is 63.4 Å². The van der Waals surface area contributed by atoms with Crippen LogP contribution in [0.4, 0.5) is 0 Å². The highest BCUT2D eigenvalue weighted by atomic mass is 16.1. The highest BCUT2D eigenvalue weighted by Crippen LogP contribution is 2.40. The van der Waals surface area contributed by atoms with Crippen molar-refractivity contribution in [1.29, 1.82) is 0 Å². The molecule has 0 N–H and O–H groups in total. The quantitative estimate of drug-likeness (QED) is 0.386. The Labute approximate surface area is 136 Å². The molecule has 0 aromatic heterocycles. The zero-order chi connectivity index (χ0) is 16.4. The van der Waals surface area contributed by atoms with Gasteiger partial charge in [-0.2, -0.15) is 0 Å². The van der Waals surface area contributed by atoms with Gasteiger partial charge in [-0.3, -0.25) is 4.79 Å². The molecule has 1 nitrogen and oxygen atoms in total. The Morgan fingerprint density at radius 1 is 1.18 bits per heavy atom. The summed E-state index contributed by atoms with van der Waals surface area (Å²) in [5, 5.41) is 0. The molecule has 22 heavy (non-hydrogen) atoms. The van der Waals surface area contributed by atoms with Crippen LogP contribution >= 0.6 is 0 Å². The lowest BCUT2D eigenvalue weighted by molar-refractivity contribution is -0.115. The van der Waals surface area contributed by atoms with Gasteiger partial charge in [0.1, 0.15) is 0 Å². The number of unbranched alkanes of at least 4 members (excludes halogenated alkanes) is 2. The third-order valence-corrected chi connectivity index (χ3v) is 4.85. The largest absolute Gasteiger partial charge is 0.295 e. The van der Waals surface area contributed by atoms with Gasteiger partial charge in [-0.1, -0.05) is 55.9 Å². The van der Waals surface area contributed by atoms with Crippen molar-refractivity contribution in [2.45, 2.75) is 66.2 Å². The van der Waals surface area contributed by atoms with Gasteiger partial charge in [0.2, 0.25) is 0 Å². The summed E-state index contributed by atoms with van der Waals surface area (Å²) in [6.07, 6.45) is 21.3. The summed E-state index contributed by atoms with van der Waals surface area (Å²) in [5.74, 6) is 0.759. The summed E-state index contributed by atoms with van der Waals surface area (Å²) < 4.78 is 0. The lowest BCUT2D eigenvalue weighted by Crippen LogP contribution is -2.26.